The minimum atomic E-state index is 0.115. The Kier molecular flexibility index (Phi) is 6.67. The summed E-state index contributed by atoms with van der Waals surface area (Å²) in [5.74, 6) is 0.790. The minimum absolute atomic E-state index is 0.115. The Balaban J connectivity index is 1.69. The van der Waals surface area contributed by atoms with Crippen LogP contribution in [0.15, 0.2) is 18.2 Å². The molecule has 2 N–H and O–H groups in total. The molecule has 0 radical (unpaired) electrons. The average molecular weight is 357 g/mol. The SMILES string of the molecule is CNCCC(=O)N1CCCc2c(NC(=O)CC3CCCCC3)cccc21. The van der Waals surface area contributed by atoms with Crippen molar-refractivity contribution in [2.75, 3.05) is 30.4 Å². The van der Waals surface area contributed by atoms with E-state index in [-0.39, 0.29) is 11.8 Å². The maximum Gasteiger partial charge on any atom is 0.228 e. The van der Waals surface area contributed by atoms with Gasteiger partial charge in [0.2, 0.25) is 11.8 Å². The van der Waals surface area contributed by atoms with Crippen molar-refractivity contribution in [3.05, 3.63) is 23.8 Å². The van der Waals surface area contributed by atoms with Crippen molar-refractivity contribution in [3.63, 3.8) is 0 Å². The number of fused-ring (bicyclic) bond motifs is 1. The van der Waals surface area contributed by atoms with Crippen molar-refractivity contribution in [2.45, 2.75) is 57.8 Å². The molecule has 1 aliphatic heterocycles. The summed E-state index contributed by atoms with van der Waals surface area (Å²) in [6, 6.07) is 5.92. The molecule has 0 atom stereocenters. The van der Waals surface area contributed by atoms with E-state index in [4.69, 9.17) is 0 Å². The Bertz CT molecular complexity index is 638. The molecular formula is C21H31N3O2. The van der Waals surface area contributed by atoms with Crippen LogP contribution in [0.5, 0.6) is 0 Å². The first-order valence-corrected chi connectivity index (χ1v) is 10.1. The van der Waals surface area contributed by atoms with Crippen LogP contribution < -0.4 is 15.5 Å². The van der Waals surface area contributed by atoms with Gasteiger partial charge in [-0.3, -0.25) is 9.59 Å². The number of nitrogens with one attached hydrogen (secondary N) is 2. The summed E-state index contributed by atoms with van der Waals surface area (Å²) in [5.41, 5.74) is 2.95. The Morgan fingerprint density at radius 1 is 1.15 bits per heavy atom. The second-order valence-corrected chi connectivity index (χ2v) is 7.56. The number of amides is 2. The zero-order valence-electron chi connectivity index (χ0n) is 15.9. The smallest absolute Gasteiger partial charge is 0.228 e. The fourth-order valence-electron chi connectivity index (χ4n) is 4.22. The van der Waals surface area contributed by atoms with Crippen molar-refractivity contribution < 1.29 is 9.59 Å². The molecule has 5 nitrogen and oxygen atoms in total. The van der Waals surface area contributed by atoms with E-state index in [1.807, 2.05) is 30.1 Å². The van der Waals surface area contributed by atoms with E-state index in [1.54, 1.807) is 0 Å². The first-order valence-electron chi connectivity index (χ1n) is 10.1. The average Bonchev–Trinajstić information content (AvgIpc) is 2.66. The molecule has 1 aliphatic carbocycles. The van der Waals surface area contributed by atoms with Crippen molar-refractivity contribution in [2.24, 2.45) is 5.92 Å². The van der Waals surface area contributed by atoms with Crippen LogP contribution >= 0.6 is 0 Å². The van der Waals surface area contributed by atoms with Gasteiger partial charge in [0.1, 0.15) is 0 Å². The van der Waals surface area contributed by atoms with Crippen LogP contribution in [0.4, 0.5) is 11.4 Å². The molecule has 26 heavy (non-hydrogen) atoms. The number of nitrogens with zero attached hydrogens (tertiary/aromatic N) is 1. The second-order valence-electron chi connectivity index (χ2n) is 7.56. The second kappa shape index (κ2) is 9.17. The van der Waals surface area contributed by atoms with E-state index in [0.717, 1.165) is 36.3 Å². The standard InChI is InChI=1S/C21H31N3O2/c1-22-13-12-21(26)24-14-6-9-17-18(10-5-11-19(17)24)23-20(25)15-16-7-3-2-4-8-16/h5,10-11,16,22H,2-4,6-9,12-15H2,1H3,(H,23,25). The highest BCUT2D eigenvalue weighted by Gasteiger charge is 2.25. The molecule has 0 spiro atoms. The van der Waals surface area contributed by atoms with Gasteiger partial charge < -0.3 is 15.5 Å². The lowest BCUT2D eigenvalue weighted by Crippen LogP contribution is -2.37. The molecule has 0 aromatic heterocycles. The molecule has 5 heteroatoms. The van der Waals surface area contributed by atoms with Gasteiger partial charge in [0.05, 0.1) is 0 Å². The van der Waals surface area contributed by atoms with Gasteiger partial charge in [-0.05, 0) is 56.3 Å². The van der Waals surface area contributed by atoms with Gasteiger partial charge in [-0.25, -0.2) is 0 Å². The lowest BCUT2D eigenvalue weighted by molar-refractivity contribution is -0.118. The van der Waals surface area contributed by atoms with E-state index >= 15 is 0 Å². The first kappa shape index (κ1) is 18.9. The van der Waals surface area contributed by atoms with Crippen molar-refractivity contribution >= 4 is 23.2 Å². The van der Waals surface area contributed by atoms with Gasteiger partial charge in [0.25, 0.3) is 0 Å². The van der Waals surface area contributed by atoms with Crippen LogP contribution in [0.25, 0.3) is 0 Å². The van der Waals surface area contributed by atoms with Gasteiger partial charge in [-0.1, -0.05) is 25.3 Å². The summed E-state index contributed by atoms with van der Waals surface area (Å²) in [4.78, 5) is 26.9. The highest BCUT2D eigenvalue weighted by atomic mass is 16.2. The molecule has 0 unspecified atom stereocenters. The molecular weight excluding hydrogens is 326 g/mol. The Labute approximate surface area is 156 Å². The zero-order chi connectivity index (χ0) is 18.4. The normalized spacial score (nSPS) is 17.7. The van der Waals surface area contributed by atoms with E-state index in [1.165, 1.54) is 32.1 Å². The zero-order valence-corrected chi connectivity index (χ0v) is 15.9. The summed E-state index contributed by atoms with van der Waals surface area (Å²) in [5, 5.41) is 6.16. The summed E-state index contributed by atoms with van der Waals surface area (Å²) in [7, 11) is 1.86. The summed E-state index contributed by atoms with van der Waals surface area (Å²) >= 11 is 0. The molecule has 1 fully saturated rings. The largest absolute Gasteiger partial charge is 0.326 e. The molecule has 3 rings (SSSR count). The van der Waals surface area contributed by atoms with Crippen LogP contribution in [-0.2, 0) is 16.0 Å². The fourth-order valence-corrected chi connectivity index (χ4v) is 4.22. The molecule has 0 bridgehead atoms. The molecule has 0 saturated heterocycles. The van der Waals surface area contributed by atoms with E-state index in [9.17, 15) is 9.59 Å². The Morgan fingerprint density at radius 2 is 1.96 bits per heavy atom. The molecule has 1 aromatic carbocycles. The number of carbonyl (C=O) groups excluding carboxylic acids is 2. The van der Waals surface area contributed by atoms with Crippen LogP contribution in [0.1, 0.15) is 56.9 Å². The molecule has 1 aromatic rings. The van der Waals surface area contributed by atoms with Gasteiger partial charge in [-0.2, -0.15) is 0 Å². The predicted molar refractivity (Wildman–Crippen MR) is 105 cm³/mol. The molecule has 142 valence electrons. The number of hydrogen-bond donors (Lipinski definition) is 2. The highest BCUT2D eigenvalue weighted by Crippen LogP contribution is 2.34. The predicted octanol–water partition coefficient (Wildman–Crippen LogP) is 3.48. The van der Waals surface area contributed by atoms with Gasteiger partial charge in [-0.15, -0.1) is 0 Å². The third kappa shape index (κ3) is 4.64. The lowest BCUT2D eigenvalue weighted by atomic mass is 9.87. The van der Waals surface area contributed by atoms with Crippen LogP contribution in [0, 0.1) is 5.92 Å². The van der Waals surface area contributed by atoms with Crippen LogP contribution in [-0.4, -0.2) is 32.0 Å². The van der Waals surface area contributed by atoms with Gasteiger partial charge in [0.15, 0.2) is 0 Å². The molecule has 1 saturated carbocycles. The molecule has 2 aliphatic rings. The fraction of sp³-hybridized carbons (Fsp3) is 0.619. The van der Waals surface area contributed by atoms with Crippen LogP contribution in [0.3, 0.4) is 0 Å². The summed E-state index contributed by atoms with van der Waals surface area (Å²) < 4.78 is 0. The van der Waals surface area contributed by atoms with Crippen molar-refractivity contribution in [3.8, 4) is 0 Å². The number of rotatable bonds is 6. The van der Waals surface area contributed by atoms with E-state index in [2.05, 4.69) is 10.6 Å². The van der Waals surface area contributed by atoms with E-state index < -0.39 is 0 Å². The minimum Gasteiger partial charge on any atom is -0.326 e. The number of hydrogen-bond acceptors (Lipinski definition) is 3. The number of carbonyl (C=O) groups is 2. The molecule has 2 amide bonds. The van der Waals surface area contributed by atoms with Crippen LogP contribution in [0.2, 0.25) is 0 Å². The van der Waals surface area contributed by atoms with Crippen molar-refractivity contribution in [1.29, 1.82) is 0 Å². The summed E-state index contributed by atoms with van der Waals surface area (Å²) in [6.07, 6.45) is 9.12. The van der Waals surface area contributed by atoms with Crippen molar-refractivity contribution in [1.82, 2.24) is 5.32 Å². The van der Waals surface area contributed by atoms with Gasteiger partial charge in [0, 0.05) is 37.3 Å². The number of anilines is 2. The highest BCUT2D eigenvalue weighted by molar-refractivity contribution is 5.98. The Hall–Kier alpha value is -1.88. The maximum absolute atomic E-state index is 12.5. The summed E-state index contributed by atoms with van der Waals surface area (Å²) in [6.45, 7) is 1.44. The third-order valence-corrected chi connectivity index (χ3v) is 5.61. The Morgan fingerprint density at radius 3 is 2.73 bits per heavy atom. The van der Waals surface area contributed by atoms with Gasteiger partial charge >= 0.3 is 0 Å². The topological polar surface area (TPSA) is 61.4 Å². The molecule has 1 heterocycles. The lowest BCUT2D eigenvalue weighted by Gasteiger charge is -2.31. The van der Waals surface area contributed by atoms with E-state index in [0.29, 0.717) is 25.3 Å². The maximum atomic E-state index is 12.5. The number of benzene rings is 1. The monoisotopic (exact) mass is 357 g/mol. The quantitative estimate of drug-likeness (QED) is 0.819. The first-order chi connectivity index (χ1) is 12.7. The third-order valence-electron chi connectivity index (χ3n) is 5.61.